The van der Waals surface area contributed by atoms with Gasteiger partial charge in [-0.25, -0.2) is 9.36 Å². The van der Waals surface area contributed by atoms with Gasteiger partial charge in [0.2, 0.25) is 5.78 Å². The van der Waals surface area contributed by atoms with Crippen molar-refractivity contribution >= 4 is 11.9 Å². The summed E-state index contributed by atoms with van der Waals surface area (Å²) in [5.41, 5.74) is 5.67. The second-order valence-corrected chi connectivity index (χ2v) is 6.80. The molecule has 0 bridgehead atoms. The summed E-state index contributed by atoms with van der Waals surface area (Å²) in [5, 5.41) is 12.8. The molecule has 0 spiro atoms. The average molecular weight is 383 g/mol. The fraction of sp³-hybridized carbons (Fsp3) is 0.130. The maximum atomic E-state index is 12.8. The van der Waals surface area contributed by atoms with Crippen LogP contribution in [0.4, 0.5) is 0 Å². The van der Waals surface area contributed by atoms with Crippen molar-refractivity contribution < 1.29 is 4.79 Å². The number of carbonyl (C=O) groups is 1. The van der Waals surface area contributed by atoms with E-state index in [-0.39, 0.29) is 5.78 Å². The third-order valence-electron chi connectivity index (χ3n) is 4.88. The molecule has 2 aromatic heterocycles. The zero-order chi connectivity index (χ0) is 20.4. The van der Waals surface area contributed by atoms with E-state index in [0.717, 1.165) is 28.3 Å². The average Bonchev–Trinajstić information content (AvgIpc) is 3.27. The summed E-state index contributed by atoms with van der Waals surface area (Å²) in [4.78, 5) is 12.8. The number of ketones is 1. The highest BCUT2D eigenvalue weighted by Gasteiger charge is 2.16. The Labute approximate surface area is 169 Å². The van der Waals surface area contributed by atoms with Crippen LogP contribution in [-0.2, 0) is 0 Å². The second-order valence-electron chi connectivity index (χ2n) is 6.80. The molecule has 2 heterocycles. The Kier molecular flexibility index (Phi) is 4.91. The molecule has 0 atom stereocenters. The molecule has 0 N–H and O–H groups in total. The fourth-order valence-corrected chi connectivity index (χ4v) is 3.33. The molecule has 0 unspecified atom stereocenters. The number of aryl methyl sites for hydroxylation is 1. The van der Waals surface area contributed by atoms with Gasteiger partial charge in [0, 0.05) is 11.3 Å². The minimum Gasteiger partial charge on any atom is -0.287 e. The van der Waals surface area contributed by atoms with Crippen LogP contribution in [0.15, 0.2) is 66.7 Å². The van der Waals surface area contributed by atoms with Gasteiger partial charge in [-0.3, -0.25) is 4.79 Å². The van der Waals surface area contributed by atoms with Crippen molar-refractivity contribution in [3.05, 3.63) is 95.1 Å². The predicted octanol–water partition coefficient (Wildman–Crippen LogP) is 4.27. The van der Waals surface area contributed by atoms with Gasteiger partial charge >= 0.3 is 0 Å². The molecular formula is C23H21N5O. The molecule has 2 aromatic carbocycles. The Bertz CT molecular complexity index is 1190. The van der Waals surface area contributed by atoms with Crippen LogP contribution >= 0.6 is 0 Å². The molecule has 29 heavy (non-hydrogen) atoms. The molecule has 4 aromatic rings. The van der Waals surface area contributed by atoms with Crippen LogP contribution in [-0.4, -0.2) is 30.6 Å². The van der Waals surface area contributed by atoms with Gasteiger partial charge in [-0.2, -0.15) is 5.10 Å². The highest BCUT2D eigenvalue weighted by Crippen LogP contribution is 2.20. The number of carbonyl (C=O) groups excluding carboxylic acids is 1. The molecule has 6 nitrogen and oxygen atoms in total. The largest absolute Gasteiger partial charge is 0.287 e. The topological polar surface area (TPSA) is 65.6 Å². The van der Waals surface area contributed by atoms with Gasteiger partial charge in [0.1, 0.15) is 0 Å². The van der Waals surface area contributed by atoms with Crippen molar-refractivity contribution in [2.45, 2.75) is 20.8 Å². The second kappa shape index (κ2) is 7.67. The molecule has 0 radical (unpaired) electrons. The van der Waals surface area contributed by atoms with E-state index in [1.807, 2.05) is 86.1 Å². The first-order chi connectivity index (χ1) is 14.1. The van der Waals surface area contributed by atoms with Gasteiger partial charge in [0.15, 0.2) is 5.69 Å². The molecule has 0 aliphatic heterocycles. The first kappa shape index (κ1) is 18.6. The molecule has 4 rings (SSSR count). The van der Waals surface area contributed by atoms with Crippen molar-refractivity contribution in [3.63, 3.8) is 0 Å². The maximum absolute atomic E-state index is 12.8. The van der Waals surface area contributed by atoms with E-state index in [0.29, 0.717) is 11.4 Å². The first-order valence-electron chi connectivity index (χ1n) is 9.38. The highest BCUT2D eigenvalue weighted by molar-refractivity contribution is 6.06. The number of rotatable bonds is 5. The van der Waals surface area contributed by atoms with Gasteiger partial charge in [0.05, 0.1) is 22.8 Å². The van der Waals surface area contributed by atoms with E-state index in [2.05, 4.69) is 15.4 Å². The summed E-state index contributed by atoms with van der Waals surface area (Å²) < 4.78 is 3.56. The van der Waals surface area contributed by atoms with Crippen molar-refractivity contribution in [2.75, 3.05) is 0 Å². The van der Waals surface area contributed by atoms with Gasteiger partial charge in [-0.1, -0.05) is 41.6 Å². The number of para-hydroxylation sites is 2. The zero-order valence-corrected chi connectivity index (χ0v) is 16.6. The van der Waals surface area contributed by atoms with E-state index >= 15 is 0 Å². The van der Waals surface area contributed by atoms with E-state index in [9.17, 15) is 4.79 Å². The Morgan fingerprint density at radius 1 is 0.828 bits per heavy atom. The van der Waals surface area contributed by atoms with Crippen molar-refractivity contribution in [1.29, 1.82) is 0 Å². The SMILES string of the molecule is Cc1nn(-c2ccccc2)c(C)c1/C=C\C(=O)c1nnn(-c2ccccc2)c1C. The van der Waals surface area contributed by atoms with Gasteiger partial charge in [-0.05, 0) is 57.2 Å². The first-order valence-corrected chi connectivity index (χ1v) is 9.38. The standard InChI is InChI=1S/C23H21N5O/c1-16-21(17(2)27(25-16)19-10-6-4-7-11-19)14-15-22(29)23-18(3)28(26-24-23)20-12-8-5-9-13-20/h4-15H,1-3H3/b15-14-. The van der Waals surface area contributed by atoms with E-state index in [1.165, 1.54) is 0 Å². The Hall–Kier alpha value is -3.80. The number of allylic oxidation sites excluding steroid dienone is 1. The summed E-state index contributed by atoms with van der Waals surface area (Å²) in [5.74, 6) is -0.184. The summed E-state index contributed by atoms with van der Waals surface area (Å²) >= 11 is 0. The lowest BCUT2D eigenvalue weighted by molar-refractivity contribution is 0.104. The smallest absolute Gasteiger partial charge is 0.208 e. The van der Waals surface area contributed by atoms with Crippen molar-refractivity contribution in [2.24, 2.45) is 0 Å². The summed E-state index contributed by atoms with van der Waals surface area (Å²) in [7, 11) is 0. The Morgan fingerprint density at radius 2 is 1.41 bits per heavy atom. The monoisotopic (exact) mass is 383 g/mol. The van der Waals surface area contributed by atoms with Crippen LogP contribution in [0.25, 0.3) is 17.5 Å². The molecular weight excluding hydrogens is 362 g/mol. The quantitative estimate of drug-likeness (QED) is 0.381. The lowest BCUT2D eigenvalue weighted by Crippen LogP contribution is -2.01. The number of nitrogens with zero attached hydrogens (tertiary/aromatic N) is 5. The molecule has 144 valence electrons. The molecule has 0 saturated heterocycles. The third-order valence-corrected chi connectivity index (χ3v) is 4.88. The van der Waals surface area contributed by atoms with E-state index < -0.39 is 0 Å². The van der Waals surface area contributed by atoms with Crippen LogP contribution in [0.1, 0.15) is 33.1 Å². The summed E-state index contributed by atoms with van der Waals surface area (Å²) in [6.07, 6.45) is 3.35. The van der Waals surface area contributed by atoms with Crippen LogP contribution in [0.5, 0.6) is 0 Å². The van der Waals surface area contributed by atoms with Crippen LogP contribution in [0, 0.1) is 20.8 Å². The fourth-order valence-electron chi connectivity index (χ4n) is 3.33. The van der Waals surface area contributed by atoms with E-state index in [1.54, 1.807) is 16.8 Å². The van der Waals surface area contributed by atoms with Crippen LogP contribution < -0.4 is 0 Å². The van der Waals surface area contributed by atoms with Crippen molar-refractivity contribution in [1.82, 2.24) is 24.8 Å². The van der Waals surface area contributed by atoms with Gasteiger partial charge < -0.3 is 0 Å². The van der Waals surface area contributed by atoms with E-state index in [4.69, 9.17) is 0 Å². The maximum Gasteiger partial charge on any atom is 0.208 e. The molecule has 0 saturated carbocycles. The number of hydrogen-bond acceptors (Lipinski definition) is 4. The van der Waals surface area contributed by atoms with Gasteiger partial charge in [-0.15, -0.1) is 5.10 Å². The Morgan fingerprint density at radius 3 is 2.03 bits per heavy atom. The molecule has 0 fully saturated rings. The summed E-state index contributed by atoms with van der Waals surface area (Å²) in [6.45, 7) is 5.78. The molecule has 0 aliphatic carbocycles. The number of hydrogen-bond donors (Lipinski definition) is 0. The van der Waals surface area contributed by atoms with Crippen molar-refractivity contribution in [3.8, 4) is 11.4 Å². The molecule has 6 heteroatoms. The summed E-state index contributed by atoms with van der Waals surface area (Å²) in [6, 6.07) is 19.6. The third kappa shape index (κ3) is 3.52. The van der Waals surface area contributed by atoms with Gasteiger partial charge in [0.25, 0.3) is 0 Å². The highest BCUT2D eigenvalue weighted by atomic mass is 16.1. The lowest BCUT2D eigenvalue weighted by Gasteiger charge is -2.03. The minimum atomic E-state index is -0.184. The zero-order valence-electron chi connectivity index (χ0n) is 16.6. The van der Waals surface area contributed by atoms with Crippen LogP contribution in [0.2, 0.25) is 0 Å². The number of benzene rings is 2. The lowest BCUT2D eigenvalue weighted by atomic mass is 10.1. The predicted molar refractivity (Wildman–Crippen MR) is 112 cm³/mol. The Balaban J connectivity index is 1.62. The minimum absolute atomic E-state index is 0.184. The molecule has 0 amide bonds. The normalized spacial score (nSPS) is 11.3. The molecule has 0 aliphatic rings. The number of aromatic nitrogens is 5. The van der Waals surface area contributed by atoms with Crippen LogP contribution in [0.3, 0.4) is 0 Å².